The Balaban J connectivity index is 1.99. The molecule has 0 saturated heterocycles. The van der Waals surface area contributed by atoms with E-state index in [0.29, 0.717) is 22.2 Å². The fourth-order valence-corrected chi connectivity index (χ4v) is 3.49. The Morgan fingerprint density at radius 3 is 2.62 bits per heavy atom. The molecule has 5 nitrogen and oxygen atoms in total. The SMILES string of the molecule is CN(c1ccc2c(c1)OCO2)S(=O)(=O)c1cccc(Cl)c1. The van der Waals surface area contributed by atoms with Crippen LogP contribution in [0.2, 0.25) is 5.02 Å². The van der Waals surface area contributed by atoms with Crippen LogP contribution in [0.15, 0.2) is 47.4 Å². The lowest BCUT2D eigenvalue weighted by Gasteiger charge is -2.19. The minimum atomic E-state index is -3.68. The Bertz CT molecular complexity index is 791. The van der Waals surface area contributed by atoms with E-state index in [1.54, 1.807) is 30.3 Å². The van der Waals surface area contributed by atoms with Crippen LogP contribution in [0.4, 0.5) is 5.69 Å². The van der Waals surface area contributed by atoms with Gasteiger partial charge >= 0.3 is 0 Å². The van der Waals surface area contributed by atoms with Crippen LogP contribution in [0.25, 0.3) is 0 Å². The molecule has 0 radical (unpaired) electrons. The Labute approximate surface area is 127 Å². The number of fused-ring (bicyclic) bond motifs is 1. The van der Waals surface area contributed by atoms with Crippen molar-refractivity contribution in [2.45, 2.75) is 4.90 Å². The molecule has 0 N–H and O–H groups in total. The van der Waals surface area contributed by atoms with Gasteiger partial charge in [-0.3, -0.25) is 4.31 Å². The maximum Gasteiger partial charge on any atom is 0.264 e. The number of nitrogens with zero attached hydrogens (tertiary/aromatic N) is 1. The highest BCUT2D eigenvalue weighted by Crippen LogP contribution is 2.36. The minimum absolute atomic E-state index is 0.134. The summed E-state index contributed by atoms with van der Waals surface area (Å²) in [5, 5.41) is 0.371. The second kappa shape index (κ2) is 5.13. The van der Waals surface area contributed by atoms with Crippen LogP contribution in [0, 0.1) is 0 Å². The predicted molar refractivity (Wildman–Crippen MR) is 79.6 cm³/mol. The first kappa shape index (κ1) is 14.0. The third-order valence-corrected chi connectivity index (χ3v) is 5.19. The van der Waals surface area contributed by atoms with Crippen LogP contribution < -0.4 is 13.8 Å². The maximum absolute atomic E-state index is 12.6. The number of ether oxygens (including phenoxy) is 2. The first-order valence-corrected chi connectivity index (χ1v) is 7.94. The van der Waals surface area contributed by atoms with E-state index in [-0.39, 0.29) is 11.7 Å². The molecular weight excluding hydrogens is 314 g/mol. The van der Waals surface area contributed by atoms with E-state index >= 15 is 0 Å². The summed E-state index contributed by atoms with van der Waals surface area (Å²) in [7, 11) is -2.20. The number of hydrogen-bond acceptors (Lipinski definition) is 4. The molecule has 1 heterocycles. The van der Waals surface area contributed by atoms with Crippen molar-refractivity contribution in [1.29, 1.82) is 0 Å². The second-order valence-corrected chi connectivity index (χ2v) is 6.87. The van der Waals surface area contributed by atoms with Gasteiger partial charge in [-0.1, -0.05) is 17.7 Å². The largest absolute Gasteiger partial charge is 0.454 e. The molecule has 0 aliphatic carbocycles. The topological polar surface area (TPSA) is 55.8 Å². The molecule has 2 aromatic carbocycles. The minimum Gasteiger partial charge on any atom is -0.454 e. The smallest absolute Gasteiger partial charge is 0.264 e. The number of anilines is 1. The number of benzene rings is 2. The molecule has 0 bridgehead atoms. The van der Waals surface area contributed by atoms with E-state index in [9.17, 15) is 8.42 Å². The zero-order chi connectivity index (χ0) is 15.0. The Morgan fingerprint density at radius 2 is 1.86 bits per heavy atom. The lowest BCUT2D eigenvalue weighted by Crippen LogP contribution is -2.26. The van der Waals surface area contributed by atoms with Gasteiger partial charge in [-0.2, -0.15) is 0 Å². The van der Waals surface area contributed by atoms with Gasteiger partial charge in [-0.15, -0.1) is 0 Å². The molecule has 3 rings (SSSR count). The van der Waals surface area contributed by atoms with Gasteiger partial charge in [0.05, 0.1) is 10.6 Å². The maximum atomic E-state index is 12.6. The Hall–Kier alpha value is -1.92. The molecule has 0 unspecified atom stereocenters. The van der Waals surface area contributed by atoms with Crippen LogP contribution in [-0.2, 0) is 10.0 Å². The van der Waals surface area contributed by atoms with E-state index in [1.807, 2.05) is 0 Å². The predicted octanol–water partition coefficient (Wildman–Crippen LogP) is 2.89. The normalized spacial score (nSPS) is 13.2. The van der Waals surface area contributed by atoms with Gasteiger partial charge in [0, 0.05) is 18.1 Å². The second-order valence-electron chi connectivity index (χ2n) is 4.47. The first-order valence-electron chi connectivity index (χ1n) is 6.12. The van der Waals surface area contributed by atoms with E-state index in [4.69, 9.17) is 21.1 Å². The lowest BCUT2D eigenvalue weighted by molar-refractivity contribution is 0.174. The van der Waals surface area contributed by atoms with Crippen molar-refractivity contribution in [2.24, 2.45) is 0 Å². The molecule has 110 valence electrons. The van der Waals surface area contributed by atoms with Crippen molar-refractivity contribution in [3.63, 3.8) is 0 Å². The summed E-state index contributed by atoms with van der Waals surface area (Å²) in [5.41, 5.74) is 0.485. The summed E-state index contributed by atoms with van der Waals surface area (Å²) in [6.07, 6.45) is 0. The van der Waals surface area contributed by atoms with Gasteiger partial charge in [0.25, 0.3) is 10.0 Å². The fraction of sp³-hybridized carbons (Fsp3) is 0.143. The highest BCUT2D eigenvalue weighted by atomic mass is 35.5. The molecule has 0 amide bonds. The molecule has 1 aliphatic heterocycles. The number of halogens is 1. The molecule has 1 aliphatic rings. The quantitative estimate of drug-likeness (QED) is 0.870. The van der Waals surface area contributed by atoms with Crippen molar-refractivity contribution in [2.75, 3.05) is 18.1 Å². The summed E-state index contributed by atoms with van der Waals surface area (Å²) in [4.78, 5) is 0.134. The Kier molecular flexibility index (Phi) is 3.43. The van der Waals surface area contributed by atoms with Crippen molar-refractivity contribution in [3.05, 3.63) is 47.5 Å². The summed E-state index contributed by atoms with van der Waals surface area (Å²) in [6.45, 7) is 0.142. The first-order chi connectivity index (χ1) is 9.98. The summed E-state index contributed by atoms with van der Waals surface area (Å²) in [5.74, 6) is 1.13. The van der Waals surface area contributed by atoms with E-state index in [1.165, 1.54) is 23.5 Å². The van der Waals surface area contributed by atoms with Crippen LogP contribution in [0.3, 0.4) is 0 Å². The average molecular weight is 326 g/mol. The zero-order valence-corrected chi connectivity index (χ0v) is 12.7. The van der Waals surface area contributed by atoms with Crippen LogP contribution in [-0.4, -0.2) is 22.3 Å². The summed E-state index contributed by atoms with van der Waals surface area (Å²) in [6, 6.07) is 11.1. The number of rotatable bonds is 3. The van der Waals surface area contributed by atoms with Gasteiger partial charge in [-0.05, 0) is 30.3 Å². The third kappa shape index (κ3) is 2.52. The lowest BCUT2D eigenvalue weighted by atomic mass is 10.3. The molecule has 7 heteroatoms. The summed E-state index contributed by atoms with van der Waals surface area (Å²) < 4.78 is 36.8. The van der Waals surface area contributed by atoms with Gasteiger partial charge in [0.15, 0.2) is 11.5 Å². The number of sulfonamides is 1. The molecular formula is C14H12ClNO4S. The molecule has 0 spiro atoms. The summed E-state index contributed by atoms with van der Waals surface area (Å²) >= 11 is 5.86. The molecule has 0 aromatic heterocycles. The Morgan fingerprint density at radius 1 is 1.10 bits per heavy atom. The van der Waals surface area contributed by atoms with Gasteiger partial charge < -0.3 is 9.47 Å². The third-order valence-electron chi connectivity index (χ3n) is 3.17. The van der Waals surface area contributed by atoms with Crippen molar-refractivity contribution in [3.8, 4) is 11.5 Å². The average Bonchev–Trinajstić information content (AvgIpc) is 2.93. The molecule has 0 fully saturated rings. The van der Waals surface area contributed by atoms with Crippen LogP contribution in [0.1, 0.15) is 0 Å². The van der Waals surface area contributed by atoms with E-state index in [0.717, 1.165) is 0 Å². The van der Waals surface area contributed by atoms with E-state index < -0.39 is 10.0 Å². The van der Waals surface area contributed by atoms with Crippen LogP contribution >= 0.6 is 11.6 Å². The fourth-order valence-electron chi connectivity index (χ4n) is 2.01. The zero-order valence-electron chi connectivity index (χ0n) is 11.1. The molecule has 0 saturated carbocycles. The van der Waals surface area contributed by atoms with E-state index in [2.05, 4.69) is 0 Å². The standard InChI is InChI=1S/C14H12ClNO4S/c1-16(11-5-6-13-14(8-11)20-9-19-13)21(17,18)12-4-2-3-10(15)7-12/h2-8H,9H2,1H3. The van der Waals surface area contributed by atoms with Gasteiger partial charge in [-0.25, -0.2) is 8.42 Å². The molecule has 2 aromatic rings. The highest BCUT2D eigenvalue weighted by Gasteiger charge is 2.23. The monoisotopic (exact) mass is 325 g/mol. The van der Waals surface area contributed by atoms with Crippen molar-refractivity contribution >= 4 is 27.3 Å². The van der Waals surface area contributed by atoms with Crippen LogP contribution in [0.5, 0.6) is 11.5 Å². The molecule has 21 heavy (non-hydrogen) atoms. The van der Waals surface area contributed by atoms with Gasteiger partial charge in [0.2, 0.25) is 6.79 Å². The molecule has 0 atom stereocenters. The highest BCUT2D eigenvalue weighted by molar-refractivity contribution is 7.92. The van der Waals surface area contributed by atoms with Gasteiger partial charge in [0.1, 0.15) is 0 Å². The van der Waals surface area contributed by atoms with Crippen molar-refractivity contribution < 1.29 is 17.9 Å². The number of hydrogen-bond donors (Lipinski definition) is 0. The van der Waals surface area contributed by atoms with Crippen molar-refractivity contribution in [1.82, 2.24) is 0 Å².